The van der Waals surface area contributed by atoms with Crippen molar-refractivity contribution in [2.24, 2.45) is 5.92 Å². The van der Waals surface area contributed by atoms with Crippen molar-refractivity contribution < 1.29 is 19.1 Å². The maximum absolute atomic E-state index is 12.3. The van der Waals surface area contributed by atoms with Crippen molar-refractivity contribution in [2.75, 3.05) is 7.05 Å². The molecule has 0 fully saturated rings. The fourth-order valence-electron chi connectivity index (χ4n) is 1.97. The Balaban J connectivity index is 4.71. The number of hydrogen-bond acceptors (Lipinski definition) is 4. The van der Waals surface area contributed by atoms with Crippen LogP contribution in [0.3, 0.4) is 0 Å². The van der Waals surface area contributed by atoms with Crippen LogP contribution in [0.25, 0.3) is 0 Å². The Morgan fingerprint density at radius 2 is 1.73 bits per heavy atom. The molecule has 1 unspecified atom stereocenters. The van der Waals surface area contributed by atoms with Crippen LogP contribution in [0.5, 0.6) is 0 Å². The number of hydrogen-bond donors (Lipinski definition) is 2. The Kier molecular flexibility index (Phi) is 8.75. The highest BCUT2D eigenvalue weighted by Gasteiger charge is 2.26. The molecule has 0 saturated heterocycles. The predicted molar refractivity (Wildman–Crippen MR) is 85.1 cm³/mol. The number of unbranched alkanes of at least 4 members (excludes halogenated alkanes) is 1. The molecule has 6 heteroatoms. The molecule has 6 nitrogen and oxygen atoms in total. The minimum Gasteiger partial charge on any atom is -0.460 e. The second-order valence-corrected chi connectivity index (χ2v) is 6.47. The summed E-state index contributed by atoms with van der Waals surface area (Å²) in [6.07, 6.45) is 2.41. The Morgan fingerprint density at radius 3 is 2.18 bits per heavy atom. The molecule has 22 heavy (non-hydrogen) atoms. The summed E-state index contributed by atoms with van der Waals surface area (Å²) in [5.41, 5.74) is -0.571. The summed E-state index contributed by atoms with van der Waals surface area (Å²) in [7, 11) is 1.51. The SMILES string of the molecule is CCCC[C@H](CC(=O)OC(C)(C)C)C(=O)NC(C)C(=O)NC. The zero-order chi connectivity index (χ0) is 17.3. The second-order valence-electron chi connectivity index (χ2n) is 6.47. The molecule has 0 rings (SSSR count). The van der Waals surface area contributed by atoms with Gasteiger partial charge in [-0.3, -0.25) is 14.4 Å². The van der Waals surface area contributed by atoms with Crippen LogP contribution in [0.4, 0.5) is 0 Å². The summed E-state index contributed by atoms with van der Waals surface area (Å²) in [6, 6.07) is -0.625. The van der Waals surface area contributed by atoms with Gasteiger partial charge in [-0.05, 0) is 34.1 Å². The van der Waals surface area contributed by atoms with Crippen molar-refractivity contribution in [3.05, 3.63) is 0 Å². The van der Waals surface area contributed by atoms with Crippen molar-refractivity contribution in [2.45, 2.75) is 71.9 Å². The average Bonchev–Trinajstić information content (AvgIpc) is 2.40. The van der Waals surface area contributed by atoms with Crippen LogP contribution in [0.2, 0.25) is 0 Å². The minimum absolute atomic E-state index is 0.0313. The van der Waals surface area contributed by atoms with Crippen LogP contribution < -0.4 is 10.6 Å². The Hall–Kier alpha value is -1.59. The predicted octanol–water partition coefficient (Wildman–Crippen LogP) is 1.78. The van der Waals surface area contributed by atoms with Gasteiger partial charge in [0.05, 0.1) is 6.42 Å². The molecule has 0 aliphatic carbocycles. The molecule has 128 valence electrons. The average molecular weight is 314 g/mol. The lowest BCUT2D eigenvalue weighted by atomic mass is 9.97. The van der Waals surface area contributed by atoms with Crippen molar-refractivity contribution in [1.82, 2.24) is 10.6 Å². The smallest absolute Gasteiger partial charge is 0.307 e. The normalized spacial score (nSPS) is 13.9. The number of likely N-dealkylation sites (N-methyl/N-ethyl adjacent to an activating group) is 1. The maximum Gasteiger partial charge on any atom is 0.307 e. The molecule has 0 aromatic rings. The van der Waals surface area contributed by atoms with E-state index in [1.807, 2.05) is 6.92 Å². The highest BCUT2D eigenvalue weighted by atomic mass is 16.6. The zero-order valence-electron chi connectivity index (χ0n) is 14.6. The lowest BCUT2D eigenvalue weighted by Crippen LogP contribution is -2.46. The van der Waals surface area contributed by atoms with E-state index in [1.54, 1.807) is 27.7 Å². The molecule has 0 aliphatic heterocycles. The number of amides is 2. The highest BCUT2D eigenvalue weighted by Crippen LogP contribution is 2.17. The van der Waals surface area contributed by atoms with E-state index in [9.17, 15) is 14.4 Å². The van der Waals surface area contributed by atoms with Crippen molar-refractivity contribution in [3.8, 4) is 0 Å². The van der Waals surface area contributed by atoms with Gasteiger partial charge in [0.1, 0.15) is 11.6 Å². The molecular weight excluding hydrogens is 284 g/mol. The summed E-state index contributed by atoms with van der Waals surface area (Å²) in [6.45, 7) is 9.01. The number of nitrogens with one attached hydrogen (secondary N) is 2. The van der Waals surface area contributed by atoms with Gasteiger partial charge in [-0.25, -0.2) is 0 Å². The van der Waals surface area contributed by atoms with Crippen LogP contribution >= 0.6 is 0 Å². The first-order valence-corrected chi connectivity index (χ1v) is 7.84. The van der Waals surface area contributed by atoms with Crippen LogP contribution in [0.1, 0.15) is 60.3 Å². The van der Waals surface area contributed by atoms with Crippen LogP contribution in [0.15, 0.2) is 0 Å². The molecule has 0 spiro atoms. The largest absolute Gasteiger partial charge is 0.460 e. The highest BCUT2D eigenvalue weighted by molar-refractivity contribution is 5.89. The fraction of sp³-hybridized carbons (Fsp3) is 0.812. The van der Waals surface area contributed by atoms with Crippen molar-refractivity contribution in [1.29, 1.82) is 0 Å². The molecule has 0 aliphatic rings. The van der Waals surface area contributed by atoms with Gasteiger partial charge in [0, 0.05) is 13.0 Å². The number of carbonyl (C=O) groups excluding carboxylic acids is 3. The number of ether oxygens (including phenoxy) is 1. The van der Waals surface area contributed by atoms with Gasteiger partial charge < -0.3 is 15.4 Å². The molecule has 0 aromatic heterocycles. The summed E-state index contributed by atoms with van der Waals surface area (Å²) >= 11 is 0. The molecule has 0 radical (unpaired) electrons. The molecule has 0 saturated carbocycles. The molecule has 0 aromatic carbocycles. The maximum atomic E-state index is 12.3. The summed E-state index contributed by atoms with van der Waals surface area (Å²) in [5, 5.41) is 5.13. The van der Waals surface area contributed by atoms with E-state index in [4.69, 9.17) is 4.74 Å². The van der Waals surface area contributed by atoms with E-state index in [0.717, 1.165) is 12.8 Å². The standard InChI is InChI=1S/C16H30N2O4/c1-7-8-9-12(10-13(19)22-16(3,4)5)15(21)18-11(2)14(20)17-6/h11-12H,7-10H2,1-6H3,(H,17,20)(H,18,21)/t11?,12-/m1/s1. The summed E-state index contributed by atoms with van der Waals surface area (Å²) < 4.78 is 5.27. The van der Waals surface area contributed by atoms with Crippen molar-refractivity contribution >= 4 is 17.8 Å². The second kappa shape index (κ2) is 9.43. The summed E-state index contributed by atoms with van der Waals surface area (Å²) in [4.78, 5) is 35.7. The Labute approximate surface area is 133 Å². The number of carbonyl (C=O) groups is 3. The lowest BCUT2D eigenvalue weighted by molar-refractivity contribution is -0.157. The van der Waals surface area contributed by atoms with Crippen LogP contribution in [-0.4, -0.2) is 36.5 Å². The molecule has 0 heterocycles. The molecule has 2 N–H and O–H groups in total. The van der Waals surface area contributed by atoms with E-state index in [0.29, 0.717) is 6.42 Å². The summed E-state index contributed by atoms with van der Waals surface area (Å²) in [5.74, 6) is -1.41. The number of rotatable bonds is 8. The molecule has 2 amide bonds. The monoisotopic (exact) mass is 314 g/mol. The van der Waals surface area contributed by atoms with Gasteiger partial charge in [0.2, 0.25) is 11.8 Å². The molecule has 0 bridgehead atoms. The first kappa shape index (κ1) is 20.4. The van der Waals surface area contributed by atoms with Crippen LogP contribution in [-0.2, 0) is 19.1 Å². The number of esters is 1. The fourth-order valence-corrected chi connectivity index (χ4v) is 1.97. The van der Waals surface area contributed by atoms with Gasteiger partial charge in [0.25, 0.3) is 0 Å². The molecule has 2 atom stereocenters. The third-order valence-electron chi connectivity index (χ3n) is 3.11. The zero-order valence-corrected chi connectivity index (χ0v) is 14.6. The third kappa shape index (κ3) is 8.64. The van der Waals surface area contributed by atoms with Crippen molar-refractivity contribution in [3.63, 3.8) is 0 Å². The third-order valence-corrected chi connectivity index (χ3v) is 3.11. The van der Waals surface area contributed by atoms with Gasteiger partial charge >= 0.3 is 5.97 Å². The first-order chi connectivity index (χ1) is 10.1. The quantitative estimate of drug-likeness (QED) is 0.669. The minimum atomic E-state index is -0.625. The van der Waals surface area contributed by atoms with E-state index in [-0.39, 0.29) is 18.2 Å². The first-order valence-electron chi connectivity index (χ1n) is 7.84. The van der Waals surface area contributed by atoms with E-state index in [2.05, 4.69) is 10.6 Å². The van der Waals surface area contributed by atoms with Gasteiger partial charge in [-0.1, -0.05) is 19.8 Å². The van der Waals surface area contributed by atoms with Gasteiger partial charge in [0.15, 0.2) is 0 Å². The van der Waals surface area contributed by atoms with Gasteiger partial charge in [-0.15, -0.1) is 0 Å². The van der Waals surface area contributed by atoms with E-state index < -0.39 is 23.5 Å². The van der Waals surface area contributed by atoms with Crippen LogP contribution in [0, 0.1) is 5.92 Å². The lowest BCUT2D eigenvalue weighted by Gasteiger charge is -2.23. The van der Waals surface area contributed by atoms with E-state index >= 15 is 0 Å². The Morgan fingerprint density at radius 1 is 1.14 bits per heavy atom. The Bertz CT molecular complexity index is 388. The van der Waals surface area contributed by atoms with E-state index in [1.165, 1.54) is 7.05 Å². The molecular formula is C16H30N2O4. The van der Waals surface area contributed by atoms with Gasteiger partial charge in [-0.2, -0.15) is 0 Å². The topological polar surface area (TPSA) is 84.5 Å².